The first kappa shape index (κ1) is 30.9. The third kappa shape index (κ3) is 6.09. The smallest absolute Gasteiger partial charge is 0.433 e. The average Bonchev–Trinajstić information content (AvgIpc) is 3.36. The number of carbonyl (C=O) groups excluding carboxylic acids is 1. The van der Waals surface area contributed by atoms with Gasteiger partial charge in [0.1, 0.15) is 17.1 Å². The van der Waals surface area contributed by atoms with E-state index in [0.717, 1.165) is 6.20 Å². The molecule has 224 valence electrons. The number of methoxy groups -OCH3 is 1. The standard InChI is InChI=1S/C30H33F4N5O3/c1-18(2)38(15-14-37(4)25(17-40)22-8-6-7-9-24(22)31)29(41)23-16-35-39-27(30(32,33)34)19(3)26(36-28(23)39)20-10-12-21(42-5)13-11-20/h6-13,16,18,25,40H,14-15,17H2,1-5H3/t25-/m0/s1. The summed E-state index contributed by atoms with van der Waals surface area (Å²) >= 11 is 0. The number of alkyl halides is 3. The Hall–Kier alpha value is -4.03. The largest absolute Gasteiger partial charge is 0.497 e. The second-order valence-corrected chi connectivity index (χ2v) is 10.2. The molecule has 2 aromatic carbocycles. The molecule has 2 heterocycles. The van der Waals surface area contributed by atoms with Gasteiger partial charge in [-0.1, -0.05) is 18.2 Å². The van der Waals surface area contributed by atoms with Crippen molar-refractivity contribution in [3.8, 4) is 17.0 Å². The lowest BCUT2D eigenvalue weighted by Gasteiger charge is -2.32. The molecule has 0 saturated carbocycles. The summed E-state index contributed by atoms with van der Waals surface area (Å²) in [5, 5.41) is 13.9. The van der Waals surface area contributed by atoms with Crippen LogP contribution in [0, 0.1) is 12.7 Å². The number of ether oxygens (including phenoxy) is 1. The summed E-state index contributed by atoms with van der Waals surface area (Å²) in [6, 6.07) is 11.6. The van der Waals surface area contributed by atoms with Gasteiger partial charge in [0.25, 0.3) is 5.91 Å². The van der Waals surface area contributed by atoms with Crippen LogP contribution in [0.15, 0.2) is 54.7 Å². The highest BCUT2D eigenvalue weighted by Crippen LogP contribution is 2.37. The maximum absolute atomic E-state index is 14.4. The average molecular weight is 588 g/mol. The summed E-state index contributed by atoms with van der Waals surface area (Å²) in [5.41, 5.74) is -0.652. The van der Waals surface area contributed by atoms with Gasteiger partial charge in [0.05, 0.1) is 31.6 Å². The molecule has 1 atom stereocenters. The van der Waals surface area contributed by atoms with Gasteiger partial charge < -0.3 is 14.7 Å². The lowest BCUT2D eigenvalue weighted by molar-refractivity contribution is -0.143. The van der Waals surface area contributed by atoms with Gasteiger partial charge in [0, 0.05) is 35.8 Å². The lowest BCUT2D eigenvalue weighted by Crippen LogP contribution is -2.43. The van der Waals surface area contributed by atoms with Gasteiger partial charge in [-0.25, -0.2) is 13.9 Å². The highest BCUT2D eigenvalue weighted by Gasteiger charge is 2.39. The number of hydrogen-bond donors (Lipinski definition) is 1. The summed E-state index contributed by atoms with van der Waals surface area (Å²) in [7, 11) is 3.19. The van der Waals surface area contributed by atoms with E-state index in [-0.39, 0.29) is 48.2 Å². The molecule has 12 heteroatoms. The number of rotatable bonds is 10. The summed E-state index contributed by atoms with van der Waals surface area (Å²) in [5.74, 6) is -0.476. The molecule has 0 aliphatic rings. The second-order valence-electron chi connectivity index (χ2n) is 10.2. The lowest BCUT2D eigenvalue weighted by atomic mass is 10.0. The molecule has 1 N–H and O–H groups in total. The van der Waals surface area contributed by atoms with Crippen LogP contribution in [0.2, 0.25) is 0 Å². The second kappa shape index (κ2) is 12.5. The highest BCUT2D eigenvalue weighted by molar-refractivity contribution is 6.00. The maximum Gasteiger partial charge on any atom is 0.433 e. The molecule has 42 heavy (non-hydrogen) atoms. The number of nitrogens with zero attached hydrogens (tertiary/aromatic N) is 5. The van der Waals surface area contributed by atoms with E-state index in [1.165, 1.54) is 25.0 Å². The number of hydrogen-bond acceptors (Lipinski definition) is 6. The Bertz CT molecular complexity index is 1550. The molecule has 0 bridgehead atoms. The Morgan fingerprint density at radius 3 is 2.33 bits per heavy atom. The summed E-state index contributed by atoms with van der Waals surface area (Å²) in [4.78, 5) is 21.5. The normalized spacial score (nSPS) is 12.8. The predicted molar refractivity (Wildman–Crippen MR) is 150 cm³/mol. The van der Waals surface area contributed by atoms with Crippen molar-refractivity contribution in [1.82, 2.24) is 24.4 Å². The fourth-order valence-electron chi connectivity index (χ4n) is 4.98. The molecule has 8 nitrogen and oxygen atoms in total. The number of aliphatic hydroxyl groups is 1. The monoisotopic (exact) mass is 587 g/mol. The third-order valence-corrected chi connectivity index (χ3v) is 7.29. The minimum atomic E-state index is -4.77. The number of carbonyl (C=O) groups is 1. The Morgan fingerprint density at radius 2 is 1.76 bits per heavy atom. The summed E-state index contributed by atoms with van der Waals surface area (Å²) in [6.45, 7) is 4.94. The topological polar surface area (TPSA) is 83.2 Å². The van der Waals surface area contributed by atoms with E-state index in [9.17, 15) is 27.5 Å². The molecular formula is C30H33F4N5O3. The molecule has 0 radical (unpaired) electrons. The van der Waals surface area contributed by atoms with E-state index in [0.29, 0.717) is 21.4 Å². The van der Waals surface area contributed by atoms with E-state index in [1.807, 2.05) is 0 Å². The summed E-state index contributed by atoms with van der Waals surface area (Å²) < 4.78 is 63.2. The maximum atomic E-state index is 14.4. The molecule has 0 spiro atoms. The molecule has 0 saturated heterocycles. The fourth-order valence-corrected chi connectivity index (χ4v) is 4.98. The van der Waals surface area contributed by atoms with Crippen LogP contribution in [-0.4, -0.2) is 75.3 Å². The molecule has 0 fully saturated rings. The van der Waals surface area contributed by atoms with Crippen LogP contribution in [0.5, 0.6) is 5.75 Å². The van der Waals surface area contributed by atoms with Crippen LogP contribution in [0.4, 0.5) is 17.6 Å². The van der Waals surface area contributed by atoms with Gasteiger partial charge in [-0.15, -0.1) is 0 Å². The van der Waals surface area contributed by atoms with Crippen LogP contribution in [-0.2, 0) is 6.18 Å². The molecule has 4 rings (SSSR count). The number of aromatic nitrogens is 3. The fraction of sp³-hybridized carbons (Fsp3) is 0.367. The number of benzene rings is 2. The minimum absolute atomic E-state index is 0.0681. The zero-order chi connectivity index (χ0) is 30.8. The van der Waals surface area contributed by atoms with E-state index in [1.54, 1.807) is 68.3 Å². The van der Waals surface area contributed by atoms with Crippen LogP contribution < -0.4 is 4.74 Å². The first-order chi connectivity index (χ1) is 19.9. The molecular weight excluding hydrogens is 554 g/mol. The zero-order valence-corrected chi connectivity index (χ0v) is 24.0. The molecule has 0 aliphatic carbocycles. The van der Waals surface area contributed by atoms with E-state index >= 15 is 0 Å². The van der Waals surface area contributed by atoms with E-state index in [4.69, 9.17) is 4.74 Å². The molecule has 1 amide bonds. The minimum Gasteiger partial charge on any atom is -0.497 e. The first-order valence-electron chi connectivity index (χ1n) is 13.3. The van der Waals surface area contributed by atoms with Crippen LogP contribution in [0.3, 0.4) is 0 Å². The van der Waals surface area contributed by atoms with Crippen LogP contribution in [0.1, 0.15) is 47.1 Å². The van der Waals surface area contributed by atoms with Gasteiger partial charge in [-0.2, -0.15) is 18.3 Å². The van der Waals surface area contributed by atoms with Crippen molar-refractivity contribution >= 4 is 11.6 Å². The SMILES string of the molecule is COc1ccc(-c2nc3c(C(=O)N(CCN(C)[C@@H](CO)c4ccccc4F)C(C)C)cnn3c(C(F)(F)F)c2C)cc1. The van der Waals surface area contributed by atoms with Crippen molar-refractivity contribution in [2.75, 3.05) is 33.9 Å². The Labute approximate surface area is 241 Å². The van der Waals surface area contributed by atoms with E-state index in [2.05, 4.69) is 10.1 Å². The first-order valence-corrected chi connectivity index (χ1v) is 13.3. The van der Waals surface area contributed by atoms with Crippen LogP contribution >= 0.6 is 0 Å². The van der Waals surface area contributed by atoms with Crippen molar-refractivity contribution in [2.24, 2.45) is 0 Å². The third-order valence-electron chi connectivity index (χ3n) is 7.29. The van der Waals surface area contributed by atoms with Crippen molar-refractivity contribution in [3.63, 3.8) is 0 Å². The summed E-state index contributed by atoms with van der Waals surface area (Å²) in [6.07, 6.45) is -3.67. The Balaban J connectivity index is 1.71. The van der Waals surface area contributed by atoms with Gasteiger partial charge in [-0.05, 0) is 58.2 Å². The zero-order valence-electron chi connectivity index (χ0n) is 24.0. The Kier molecular flexibility index (Phi) is 9.17. The molecule has 4 aromatic rings. The van der Waals surface area contributed by atoms with Crippen molar-refractivity contribution in [2.45, 2.75) is 39.0 Å². The highest BCUT2D eigenvalue weighted by atomic mass is 19.4. The molecule has 0 unspecified atom stereocenters. The van der Waals surface area contributed by atoms with E-state index < -0.39 is 29.6 Å². The number of likely N-dealkylation sites (N-methyl/N-ethyl adjacent to an activating group) is 1. The van der Waals surface area contributed by atoms with Crippen molar-refractivity contribution < 1.29 is 32.2 Å². The number of fused-ring (bicyclic) bond motifs is 1. The van der Waals surface area contributed by atoms with Crippen LogP contribution in [0.25, 0.3) is 16.9 Å². The van der Waals surface area contributed by atoms with Crippen molar-refractivity contribution in [1.29, 1.82) is 0 Å². The molecule has 2 aromatic heterocycles. The number of halogens is 4. The molecule has 0 aliphatic heterocycles. The predicted octanol–water partition coefficient (Wildman–Crippen LogP) is 5.39. The van der Waals surface area contributed by atoms with Gasteiger partial charge in [-0.3, -0.25) is 9.69 Å². The van der Waals surface area contributed by atoms with Gasteiger partial charge in [0.2, 0.25) is 0 Å². The number of aliphatic hydroxyl groups excluding tert-OH is 1. The number of amides is 1. The van der Waals surface area contributed by atoms with Crippen molar-refractivity contribution in [3.05, 3.63) is 82.9 Å². The Morgan fingerprint density at radius 1 is 1.10 bits per heavy atom. The quantitative estimate of drug-likeness (QED) is 0.251. The van der Waals surface area contributed by atoms with Gasteiger partial charge in [0.15, 0.2) is 11.3 Å². The van der Waals surface area contributed by atoms with Gasteiger partial charge >= 0.3 is 6.18 Å².